The number of esters is 2. The highest BCUT2D eigenvalue weighted by Gasteiger charge is 2.15. The summed E-state index contributed by atoms with van der Waals surface area (Å²) in [4.78, 5) is 27.8. The molecule has 0 amide bonds. The summed E-state index contributed by atoms with van der Waals surface area (Å²) < 4.78 is 38.7. The number of hydrogen-bond donors (Lipinski definition) is 1. The average Bonchev–Trinajstić information content (AvgIpc) is 3.21. The smallest absolute Gasteiger partial charge is 0.306 e. The predicted octanol–water partition coefficient (Wildman–Crippen LogP) is 14.0. The average molecular weight is 855 g/mol. The molecule has 59 heavy (non-hydrogen) atoms. The summed E-state index contributed by atoms with van der Waals surface area (Å²) in [6.07, 6.45) is 40.6. The summed E-state index contributed by atoms with van der Waals surface area (Å²) in [6, 6.07) is 0. The molecule has 350 valence electrons. The fraction of sp³-hybridized carbons (Fsp3) is 0.920. The molecule has 0 saturated carbocycles. The van der Waals surface area contributed by atoms with Crippen molar-refractivity contribution in [1.82, 2.24) is 9.62 Å². The predicted molar refractivity (Wildman–Crippen MR) is 252 cm³/mol. The molecule has 0 aliphatic carbocycles. The maximum Gasteiger partial charge on any atom is 0.306 e. The quantitative estimate of drug-likeness (QED) is 0.0369. The molecule has 0 aromatic rings. The first-order valence-corrected chi connectivity index (χ1v) is 27.1. The van der Waals surface area contributed by atoms with Crippen LogP contribution in [0.3, 0.4) is 0 Å². The third kappa shape index (κ3) is 40.4. The number of nitrogens with zero attached hydrogens (tertiary/aromatic N) is 1. The van der Waals surface area contributed by atoms with E-state index in [-0.39, 0.29) is 29.9 Å². The van der Waals surface area contributed by atoms with Gasteiger partial charge < -0.3 is 14.4 Å². The van der Waals surface area contributed by atoms with Crippen LogP contribution >= 0.6 is 0 Å². The number of nitrogens with one attached hydrogen (secondary N) is 1. The minimum atomic E-state index is -3.30. The van der Waals surface area contributed by atoms with Gasteiger partial charge in [0.2, 0.25) is 10.0 Å². The van der Waals surface area contributed by atoms with E-state index in [0.29, 0.717) is 19.4 Å². The van der Waals surface area contributed by atoms with Gasteiger partial charge in [0.15, 0.2) is 0 Å². The van der Waals surface area contributed by atoms with E-state index in [0.717, 1.165) is 135 Å². The summed E-state index contributed by atoms with van der Waals surface area (Å²) >= 11 is 0. The molecule has 0 rings (SSSR count). The van der Waals surface area contributed by atoms with Crippen molar-refractivity contribution in [3.05, 3.63) is 12.7 Å². The van der Waals surface area contributed by atoms with Gasteiger partial charge in [-0.25, -0.2) is 13.1 Å². The molecule has 1 atom stereocenters. The number of unbranched alkanes of at least 4 members (excludes halogenated alkanes) is 23. The normalized spacial score (nSPS) is 12.4. The third-order valence-corrected chi connectivity index (χ3v) is 13.0. The van der Waals surface area contributed by atoms with E-state index in [1.807, 2.05) is 0 Å². The van der Waals surface area contributed by atoms with Gasteiger partial charge in [-0.05, 0) is 96.7 Å². The summed E-state index contributed by atoms with van der Waals surface area (Å²) in [7, 11) is -3.30. The van der Waals surface area contributed by atoms with Crippen LogP contribution < -0.4 is 4.72 Å². The van der Waals surface area contributed by atoms with Crippen LogP contribution in [0, 0.1) is 0 Å². The van der Waals surface area contributed by atoms with E-state index in [4.69, 9.17) is 9.47 Å². The zero-order valence-corrected chi connectivity index (χ0v) is 40.3. The minimum Gasteiger partial charge on any atom is -0.462 e. The zero-order chi connectivity index (χ0) is 43.5. The van der Waals surface area contributed by atoms with Gasteiger partial charge in [0.05, 0.1) is 5.75 Å². The maximum absolute atomic E-state index is 12.8. The molecule has 9 heteroatoms. The molecule has 0 bridgehead atoms. The number of rotatable bonds is 47. The van der Waals surface area contributed by atoms with Crippen LogP contribution in [0.4, 0.5) is 0 Å². The second-order valence-corrected chi connectivity index (χ2v) is 19.3. The Balaban J connectivity index is 4.52. The Labute approximate surface area is 367 Å². The largest absolute Gasteiger partial charge is 0.462 e. The number of carbonyl (C=O) groups is 2. The van der Waals surface area contributed by atoms with E-state index >= 15 is 0 Å². The number of hydrogen-bond acceptors (Lipinski definition) is 7. The van der Waals surface area contributed by atoms with Crippen molar-refractivity contribution >= 4 is 22.0 Å². The number of carbonyl (C=O) groups excluding carboxylic acids is 2. The lowest BCUT2D eigenvalue weighted by atomic mass is 10.0. The van der Waals surface area contributed by atoms with E-state index in [1.165, 1.54) is 102 Å². The van der Waals surface area contributed by atoms with Crippen molar-refractivity contribution in [2.75, 3.05) is 31.9 Å². The molecule has 0 aliphatic heterocycles. The van der Waals surface area contributed by atoms with Crippen LogP contribution in [0.2, 0.25) is 0 Å². The maximum atomic E-state index is 12.8. The summed E-state index contributed by atoms with van der Waals surface area (Å²) in [5, 5.41) is 0. The molecule has 8 nitrogen and oxygen atoms in total. The van der Waals surface area contributed by atoms with Crippen molar-refractivity contribution in [3.8, 4) is 0 Å². The molecular weight excluding hydrogens is 757 g/mol. The minimum absolute atomic E-state index is 0.00859. The van der Waals surface area contributed by atoms with Crippen LogP contribution in [0.5, 0.6) is 0 Å². The summed E-state index contributed by atoms with van der Waals surface area (Å²) in [5.74, 6) is -0.0987. The van der Waals surface area contributed by atoms with Gasteiger partial charge >= 0.3 is 11.9 Å². The Morgan fingerprint density at radius 3 is 1.29 bits per heavy atom. The van der Waals surface area contributed by atoms with Crippen LogP contribution in [-0.2, 0) is 29.1 Å². The molecule has 0 heterocycles. The van der Waals surface area contributed by atoms with Crippen LogP contribution in [0.15, 0.2) is 12.7 Å². The fourth-order valence-electron chi connectivity index (χ4n) is 7.91. The van der Waals surface area contributed by atoms with Crippen molar-refractivity contribution in [2.45, 2.75) is 265 Å². The van der Waals surface area contributed by atoms with Gasteiger partial charge in [-0.1, -0.05) is 169 Å². The van der Waals surface area contributed by atoms with Crippen LogP contribution in [-0.4, -0.2) is 69.4 Å². The molecule has 0 radical (unpaired) electrons. The topological polar surface area (TPSA) is 102 Å². The van der Waals surface area contributed by atoms with Crippen molar-refractivity contribution in [2.24, 2.45) is 0 Å². The lowest BCUT2D eigenvalue weighted by Crippen LogP contribution is -2.32. The van der Waals surface area contributed by atoms with E-state index < -0.39 is 10.0 Å². The van der Waals surface area contributed by atoms with Gasteiger partial charge in [-0.3, -0.25) is 9.59 Å². The Kier molecular flexibility index (Phi) is 42.1. The Bertz CT molecular complexity index is 1040. The van der Waals surface area contributed by atoms with Crippen molar-refractivity contribution < 1.29 is 27.5 Å². The summed E-state index contributed by atoms with van der Waals surface area (Å²) in [6.45, 7) is 15.7. The number of ether oxygens (including phenoxy) is 2. The van der Waals surface area contributed by atoms with Crippen LogP contribution in [0.25, 0.3) is 0 Å². The molecule has 0 aromatic carbocycles. The molecule has 0 saturated heterocycles. The summed E-state index contributed by atoms with van der Waals surface area (Å²) in [5.41, 5.74) is 0. The standard InChI is InChI=1S/C50H98N2O6S/c1-6-11-14-17-22-29-37-47(10-5)57-49(53)40-32-25-20-27-34-43-52(45-36-42-51-59(55,56)46-9-4)44-35-28-21-26-33-41-50(54)58-48(38-30-23-18-15-12-7-2)39-31-24-19-16-13-8-3/h9,47-48,51H,4,6-8,10-46H2,1-3,5H3. The molecule has 0 aliphatic rings. The number of sulfonamides is 1. The lowest BCUT2D eigenvalue weighted by Gasteiger charge is -2.22. The van der Waals surface area contributed by atoms with Gasteiger partial charge in [0.1, 0.15) is 12.2 Å². The molecule has 1 N–H and O–H groups in total. The molecule has 1 unspecified atom stereocenters. The highest BCUT2D eigenvalue weighted by molar-refractivity contribution is 7.89. The molecule has 0 fully saturated rings. The van der Waals surface area contributed by atoms with Gasteiger partial charge in [0.25, 0.3) is 0 Å². The highest BCUT2D eigenvalue weighted by Crippen LogP contribution is 2.19. The van der Waals surface area contributed by atoms with Gasteiger partial charge in [-0.2, -0.15) is 0 Å². The molecule has 0 spiro atoms. The van der Waals surface area contributed by atoms with Gasteiger partial charge in [-0.15, -0.1) is 6.58 Å². The first kappa shape index (κ1) is 57.5. The fourth-order valence-corrected chi connectivity index (χ4v) is 8.79. The SMILES string of the molecule is C=CCS(=O)(=O)NCCCN(CCCCCCCC(=O)OC(CC)CCCCCCCC)CCCCCCCC(=O)OC(CCCCCCCC)CCCCCCCC. The molecule has 0 aromatic heterocycles. The first-order valence-electron chi connectivity index (χ1n) is 25.4. The monoisotopic (exact) mass is 855 g/mol. The second kappa shape index (κ2) is 43.2. The Morgan fingerprint density at radius 2 is 0.864 bits per heavy atom. The van der Waals surface area contributed by atoms with E-state index in [2.05, 4.69) is 43.9 Å². The molecular formula is C50H98N2O6S. The van der Waals surface area contributed by atoms with Gasteiger partial charge in [0, 0.05) is 19.4 Å². The van der Waals surface area contributed by atoms with E-state index in [1.54, 1.807) is 0 Å². The Hall–Kier alpha value is -1.45. The zero-order valence-electron chi connectivity index (χ0n) is 39.5. The van der Waals surface area contributed by atoms with E-state index in [9.17, 15) is 18.0 Å². The third-order valence-electron chi connectivity index (χ3n) is 11.7. The van der Waals surface area contributed by atoms with Crippen LogP contribution in [0.1, 0.15) is 252 Å². The lowest BCUT2D eigenvalue weighted by molar-refractivity contribution is -0.150. The van der Waals surface area contributed by atoms with Crippen molar-refractivity contribution in [3.63, 3.8) is 0 Å². The Morgan fingerprint density at radius 1 is 0.508 bits per heavy atom. The second-order valence-electron chi connectivity index (χ2n) is 17.5. The van der Waals surface area contributed by atoms with Crippen molar-refractivity contribution in [1.29, 1.82) is 0 Å². The first-order chi connectivity index (χ1) is 28.7. The highest BCUT2D eigenvalue weighted by atomic mass is 32.2.